The van der Waals surface area contributed by atoms with E-state index in [9.17, 15) is 14.4 Å². The van der Waals surface area contributed by atoms with Crippen LogP contribution in [0.5, 0.6) is 11.5 Å². The molecule has 0 aromatic heterocycles. The molecule has 0 heterocycles. The van der Waals surface area contributed by atoms with E-state index in [1.807, 2.05) is 0 Å². The molecular formula is C23H17Cl2N3O5. The highest BCUT2D eigenvalue weighted by Gasteiger charge is 2.14. The van der Waals surface area contributed by atoms with Gasteiger partial charge in [0.2, 0.25) is 0 Å². The summed E-state index contributed by atoms with van der Waals surface area (Å²) in [5, 5.41) is 6.78. The first-order valence-corrected chi connectivity index (χ1v) is 10.2. The van der Waals surface area contributed by atoms with Crippen molar-refractivity contribution < 1.29 is 23.9 Å². The average Bonchev–Trinajstić information content (AvgIpc) is 2.80. The number of hydrogen-bond donors (Lipinski definition) is 2. The molecule has 0 spiro atoms. The van der Waals surface area contributed by atoms with Crippen LogP contribution in [0.3, 0.4) is 0 Å². The minimum absolute atomic E-state index is 0.183. The number of nitrogens with one attached hydrogen (secondary N) is 2. The molecule has 0 aliphatic rings. The lowest BCUT2D eigenvalue weighted by molar-refractivity contribution is -0.136. The zero-order chi connectivity index (χ0) is 23.8. The molecule has 33 heavy (non-hydrogen) atoms. The lowest BCUT2D eigenvalue weighted by atomic mass is 10.2. The van der Waals surface area contributed by atoms with Crippen molar-refractivity contribution in [3.05, 3.63) is 87.9 Å². The van der Waals surface area contributed by atoms with Gasteiger partial charge in [0, 0.05) is 10.7 Å². The van der Waals surface area contributed by atoms with Gasteiger partial charge >= 0.3 is 17.8 Å². The average molecular weight is 486 g/mol. The molecule has 0 saturated carbocycles. The molecule has 3 aromatic rings. The number of nitrogens with zero attached hydrogens (tertiary/aromatic N) is 1. The van der Waals surface area contributed by atoms with Crippen LogP contribution in [0.15, 0.2) is 71.8 Å². The van der Waals surface area contributed by atoms with Crippen molar-refractivity contribution in [1.82, 2.24) is 5.43 Å². The van der Waals surface area contributed by atoms with Crippen molar-refractivity contribution >= 4 is 52.9 Å². The molecular weight excluding hydrogens is 469 g/mol. The number of halogens is 2. The van der Waals surface area contributed by atoms with E-state index in [4.69, 9.17) is 32.7 Å². The topological polar surface area (TPSA) is 106 Å². The second-order valence-electron chi connectivity index (χ2n) is 6.46. The van der Waals surface area contributed by atoms with Crippen molar-refractivity contribution in [3.63, 3.8) is 0 Å². The summed E-state index contributed by atoms with van der Waals surface area (Å²) in [6.45, 7) is 0. The van der Waals surface area contributed by atoms with Crippen molar-refractivity contribution in [3.8, 4) is 11.5 Å². The van der Waals surface area contributed by atoms with Gasteiger partial charge in [-0.1, -0.05) is 23.2 Å². The van der Waals surface area contributed by atoms with E-state index in [1.165, 1.54) is 31.5 Å². The Morgan fingerprint density at radius 2 is 1.55 bits per heavy atom. The number of ether oxygens (including phenoxy) is 2. The summed E-state index contributed by atoms with van der Waals surface area (Å²) in [5.41, 5.74) is 3.35. The fourth-order valence-electron chi connectivity index (χ4n) is 2.52. The number of carbonyl (C=O) groups is 3. The van der Waals surface area contributed by atoms with Crippen LogP contribution < -0.4 is 20.2 Å². The summed E-state index contributed by atoms with van der Waals surface area (Å²) < 4.78 is 10.3. The molecule has 0 aliphatic heterocycles. The Morgan fingerprint density at radius 1 is 0.879 bits per heavy atom. The third kappa shape index (κ3) is 6.80. The highest BCUT2D eigenvalue weighted by Crippen LogP contribution is 2.23. The Kier molecular flexibility index (Phi) is 8.01. The minimum Gasteiger partial charge on any atom is -0.497 e. The number of amides is 2. The molecule has 0 aliphatic carbocycles. The molecule has 3 rings (SSSR count). The van der Waals surface area contributed by atoms with Gasteiger partial charge in [-0.3, -0.25) is 9.59 Å². The van der Waals surface area contributed by atoms with Gasteiger partial charge in [-0.2, -0.15) is 5.10 Å². The minimum atomic E-state index is -0.938. The molecule has 0 fully saturated rings. The predicted molar refractivity (Wildman–Crippen MR) is 125 cm³/mol. The van der Waals surface area contributed by atoms with E-state index < -0.39 is 17.8 Å². The molecule has 2 amide bonds. The Morgan fingerprint density at radius 3 is 2.18 bits per heavy atom. The molecule has 8 nitrogen and oxygen atoms in total. The standard InChI is InChI=1S/C23H17Cl2N3O5/c1-32-17-9-5-16(6-10-17)27-21(29)22(30)28-26-13-14-2-7-18(8-3-14)33-23(31)19-11-4-15(24)12-20(19)25/h2-13H,1H3,(H,27,29)(H,28,30)/b26-13+. The molecule has 10 heteroatoms. The fraction of sp³-hybridized carbons (Fsp3) is 0.0435. The van der Waals surface area contributed by atoms with E-state index >= 15 is 0 Å². The number of hydrogen-bond acceptors (Lipinski definition) is 6. The normalized spacial score (nSPS) is 10.5. The largest absolute Gasteiger partial charge is 0.497 e. The molecule has 0 atom stereocenters. The summed E-state index contributed by atoms with van der Waals surface area (Å²) in [6.07, 6.45) is 1.33. The van der Waals surface area contributed by atoms with Crippen LogP contribution >= 0.6 is 23.2 Å². The summed E-state index contributed by atoms with van der Waals surface area (Å²) in [6, 6.07) is 17.3. The zero-order valence-electron chi connectivity index (χ0n) is 17.2. The molecule has 3 aromatic carbocycles. The SMILES string of the molecule is COc1ccc(NC(=O)C(=O)N/N=C/c2ccc(OC(=O)c3ccc(Cl)cc3Cl)cc2)cc1. The highest BCUT2D eigenvalue weighted by atomic mass is 35.5. The van der Waals surface area contributed by atoms with Crippen LogP contribution in [-0.4, -0.2) is 31.1 Å². The maximum atomic E-state index is 12.2. The van der Waals surface area contributed by atoms with Crippen molar-refractivity contribution in [1.29, 1.82) is 0 Å². The lowest BCUT2D eigenvalue weighted by Gasteiger charge is -2.06. The molecule has 0 bridgehead atoms. The first-order chi connectivity index (χ1) is 15.9. The van der Waals surface area contributed by atoms with Gasteiger partial charge in [-0.25, -0.2) is 10.2 Å². The van der Waals surface area contributed by atoms with Gasteiger partial charge in [0.15, 0.2) is 0 Å². The lowest BCUT2D eigenvalue weighted by Crippen LogP contribution is -2.32. The quantitative estimate of drug-likeness (QED) is 0.178. The Bertz CT molecular complexity index is 1200. The Labute approximate surface area is 199 Å². The van der Waals surface area contributed by atoms with Crippen molar-refractivity contribution in [2.45, 2.75) is 0 Å². The number of anilines is 1. The van der Waals surface area contributed by atoms with Gasteiger partial charge in [-0.15, -0.1) is 0 Å². The van der Waals surface area contributed by atoms with Gasteiger partial charge in [0.1, 0.15) is 11.5 Å². The maximum Gasteiger partial charge on any atom is 0.345 e. The van der Waals surface area contributed by atoms with Crippen molar-refractivity contribution in [2.24, 2.45) is 5.10 Å². The number of hydrazone groups is 1. The summed E-state index contributed by atoms with van der Waals surface area (Å²) in [4.78, 5) is 36.0. The van der Waals surface area contributed by atoms with Crippen LogP contribution in [0.2, 0.25) is 10.0 Å². The van der Waals surface area contributed by atoms with E-state index in [0.717, 1.165) is 0 Å². The number of methoxy groups -OCH3 is 1. The van der Waals surface area contributed by atoms with E-state index in [0.29, 0.717) is 22.0 Å². The van der Waals surface area contributed by atoms with Crippen LogP contribution in [0.1, 0.15) is 15.9 Å². The highest BCUT2D eigenvalue weighted by molar-refractivity contribution is 6.39. The van der Waals surface area contributed by atoms with E-state index in [1.54, 1.807) is 48.5 Å². The van der Waals surface area contributed by atoms with Crippen LogP contribution in [0.4, 0.5) is 5.69 Å². The molecule has 2 N–H and O–H groups in total. The van der Waals surface area contributed by atoms with Crippen LogP contribution in [0.25, 0.3) is 0 Å². The third-order valence-corrected chi connectivity index (χ3v) is 4.72. The first-order valence-electron chi connectivity index (χ1n) is 9.41. The van der Waals surface area contributed by atoms with E-state index in [-0.39, 0.29) is 16.3 Å². The molecule has 0 unspecified atom stereocenters. The zero-order valence-corrected chi connectivity index (χ0v) is 18.7. The maximum absolute atomic E-state index is 12.2. The summed E-state index contributed by atoms with van der Waals surface area (Å²) >= 11 is 11.8. The van der Waals surface area contributed by atoms with Gasteiger partial charge < -0.3 is 14.8 Å². The first kappa shape index (κ1) is 23.8. The summed E-state index contributed by atoms with van der Waals surface area (Å²) in [7, 11) is 1.52. The van der Waals surface area contributed by atoms with Crippen molar-refractivity contribution in [2.75, 3.05) is 12.4 Å². The predicted octanol–water partition coefficient (Wildman–Crippen LogP) is 4.31. The number of esters is 1. The molecule has 0 radical (unpaired) electrons. The van der Waals surface area contributed by atoms with Gasteiger partial charge in [-0.05, 0) is 72.3 Å². The van der Waals surface area contributed by atoms with Gasteiger partial charge in [0.25, 0.3) is 0 Å². The smallest absolute Gasteiger partial charge is 0.345 e. The van der Waals surface area contributed by atoms with E-state index in [2.05, 4.69) is 15.8 Å². The molecule has 0 saturated heterocycles. The summed E-state index contributed by atoms with van der Waals surface area (Å²) in [5.74, 6) is -1.54. The number of carbonyl (C=O) groups excluding carboxylic acids is 3. The fourth-order valence-corrected chi connectivity index (χ4v) is 3.00. The van der Waals surface area contributed by atoms with Crippen LogP contribution in [-0.2, 0) is 9.59 Å². The Balaban J connectivity index is 1.51. The monoisotopic (exact) mass is 485 g/mol. The second-order valence-corrected chi connectivity index (χ2v) is 7.31. The number of benzene rings is 3. The molecule has 168 valence electrons. The van der Waals surface area contributed by atoms with Crippen LogP contribution in [0, 0.1) is 0 Å². The van der Waals surface area contributed by atoms with Gasteiger partial charge in [0.05, 0.1) is 23.9 Å². The number of rotatable bonds is 6. The third-order valence-electron chi connectivity index (χ3n) is 4.18. The second kappa shape index (κ2) is 11.1. The Hall–Kier alpha value is -3.88.